The molecule has 7 nitrogen and oxygen atoms in total. The van der Waals surface area contributed by atoms with Crippen LogP contribution >= 0.6 is 0 Å². The molecule has 0 aliphatic carbocycles. The SMILES string of the molecule is C=CCN(C(=O)CNC(=O)OC(C)(C)C)C(C(=O)Nc1ccc2ccccc2c1)c1ccc(C)cc1. The molecule has 0 saturated carbocycles. The molecule has 0 aliphatic heterocycles. The zero-order valence-corrected chi connectivity index (χ0v) is 21.2. The lowest BCUT2D eigenvalue weighted by molar-refractivity contribution is -0.137. The molecule has 0 aliphatic rings. The lowest BCUT2D eigenvalue weighted by Crippen LogP contribution is -2.46. The number of alkyl carbamates (subject to hydrolysis) is 1. The second kappa shape index (κ2) is 11.5. The van der Waals surface area contributed by atoms with Gasteiger partial charge in [0.1, 0.15) is 18.2 Å². The molecule has 1 unspecified atom stereocenters. The monoisotopic (exact) mass is 487 g/mol. The smallest absolute Gasteiger partial charge is 0.408 e. The fourth-order valence-electron chi connectivity index (χ4n) is 3.75. The largest absolute Gasteiger partial charge is 0.444 e. The van der Waals surface area contributed by atoms with E-state index in [1.807, 2.05) is 73.7 Å². The van der Waals surface area contributed by atoms with Crippen LogP contribution in [0.5, 0.6) is 0 Å². The molecular formula is C29H33N3O4. The molecule has 0 radical (unpaired) electrons. The zero-order valence-electron chi connectivity index (χ0n) is 21.2. The van der Waals surface area contributed by atoms with Gasteiger partial charge in [-0.1, -0.05) is 66.2 Å². The number of carbonyl (C=O) groups excluding carboxylic acids is 3. The summed E-state index contributed by atoms with van der Waals surface area (Å²) in [6.07, 6.45) is 0.845. The van der Waals surface area contributed by atoms with Crippen LogP contribution in [-0.4, -0.2) is 41.5 Å². The molecule has 0 saturated heterocycles. The number of rotatable bonds is 8. The number of aryl methyl sites for hydroxylation is 1. The number of fused-ring (bicyclic) bond motifs is 1. The summed E-state index contributed by atoms with van der Waals surface area (Å²) < 4.78 is 5.23. The first-order valence-corrected chi connectivity index (χ1v) is 11.8. The Bertz CT molecular complexity index is 1250. The van der Waals surface area contributed by atoms with Gasteiger partial charge in [0.2, 0.25) is 5.91 Å². The van der Waals surface area contributed by atoms with Gasteiger partial charge >= 0.3 is 6.09 Å². The predicted octanol–water partition coefficient (Wildman–Crippen LogP) is 5.37. The summed E-state index contributed by atoms with van der Waals surface area (Å²) in [6.45, 7) is 10.7. The molecule has 0 fully saturated rings. The van der Waals surface area contributed by atoms with Crippen LogP contribution in [0.25, 0.3) is 10.8 Å². The Morgan fingerprint density at radius 1 is 1.00 bits per heavy atom. The van der Waals surface area contributed by atoms with E-state index in [0.717, 1.165) is 16.3 Å². The number of amides is 3. The maximum atomic E-state index is 13.6. The van der Waals surface area contributed by atoms with E-state index in [1.54, 1.807) is 26.8 Å². The third kappa shape index (κ3) is 7.18. The Morgan fingerprint density at radius 3 is 2.31 bits per heavy atom. The van der Waals surface area contributed by atoms with Crippen molar-refractivity contribution in [2.24, 2.45) is 0 Å². The summed E-state index contributed by atoms with van der Waals surface area (Å²) in [5.41, 5.74) is 1.60. The van der Waals surface area contributed by atoms with E-state index >= 15 is 0 Å². The number of hydrogen-bond acceptors (Lipinski definition) is 4. The predicted molar refractivity (Wildman–Crippen MR) is 143 cm³/mol. The number of carbonyl (C=O) groups is 3. The minimum Gasteiger partial charge on any atom is -0.444 e. The molecule has 0 heterocycles. The number of nitrogens with zero attached hydrogens (tertiary/aromatic N) is 1. The highest BCUT2D eigenvalue weighted by Gasteiger charge is 2.31. The maximum Gasteiger partial charge on any atom is 0.408 e. The maximum absolute atomic E-state index is 13.6. The van der Waals surface area contributed by atoms with Crippen LogP contribution < -0.4 is 10.6 Å². The third-order valence-corrected chi connectivity index (χ3v) is 5.40. The Labute approximate surface area is 212 Å². The molecular weight excluding hydrogens is 454 g/mol. The molecule has 7 heteroatoms. The highest BCUT2D eigenvalue weighted by atomic mass is 16.6. The third-order valence-electron chi connectivity index (χ3n) is 5.40. The molecule has 3 amide bonds. The van der Waals surface area contributed by atoms with Crippen molar-refractivity contribution in [3.05, 3.63) is 90.5 Å². The molecule has 3 aromatic rings. The van der Waals surface area contributed by atoms with Crippen molar-refractivity contribution in [3.63, 3.8) is 0 Å². The summed E-state index contributed by atoms with van der Waals surface area (Å²) in [6, 6.07) is 20.0. The summed E-state index contributed by atoms with van der Waals surface area (Å²) in [5, 5.41) is 7.49. The molecule has 0 spiro atoms. The Morgan fingerprint density at radius 2 is 1.67 bits per heavy atom. The lowest BCUT2D eigenvalue weighted by Gasteiger charge is -2.31. The first-order chi connectivity index (χ1) is 17.1. The van der Waals surface area contributed by atoms with Crippen molar-refractivity contribution in [1.82, 2.24) is 10.2 Å². The van der Waals surface area contributed by atoms with Gasteiger partial charge in [-0.15, -0.1) is 6.58 Å². The van der Waals surface area contributed by atoms with E-state index in [-0.39, 0.29) is 19.0 Å². The number of benzene rings is 3. The minimum atomic E-state index is -0.942. The van der Waals surface area contributed by atoms with Crippen LogP contribution in [0.3, 0.4) is 0 Å². The van der Waals surface area contributed by atoms with Crippen molar-refractivity contribution >= 4 is 34.4 Å². The van der Waals surface area contributed by atoms with Crippen molar-refractivity contribution < 1.29 is 19.1 Å². The van der Waals surface area contributed by atoms with Gasteiger partial charge in [-0.25, -0.2) is 4.79 Å². The summed E-state index contributed by atoms with van der Waals surface area (Å²) in [7, 11) is 0. The topological polar surface area (TPSA) is 87.7 Å². The highest BCUT2D eigenvalue weighted by Crippen LogP contribution is 2.25. The van der Waals surface area contributed by atoms with Crippen LogP contribution in [0.4, 0.5) is 10.5 Å². The van der Waals surface area contributed by atoms with E-state index in [9.17, 15) is 14.4 Å². The van der Waals surface area contributed by atoms with Gasteiger partial charge in [0, 0.05) is 12.2 Å². The van der Waals surface area contributed by atoms with Crippen molar-refractivity contribution in [2.45, 2.75) is 39.3 Å². The second-order valence-corrected chi connectivity index (χ2v) is 9.55. The van der Waals surface area contributed by atoms with Crippen LogP contribution in [-0.2, 0) is 14.3 Å². The zero-order chi connectivity index (χ0) is 26.3. The minimum absolute atomic E-state index is 0.110. The fraction of sp³-hybridized carbons (Fsp3) is 0.276. The van der Waals surface area contributed by atoms with E-state index < -0.39 is 23.6 Å². The quantitative estimate of drug-likeness (QED) is 0.418. The second-order valence-electron chi connectivity index (χ2n) is 9.55. The summed E-state index contributed by atoms with van der Waals surface area (Å²) >= 11 is 0. The number of hydrogen-bond donors (Lipinski definition) is 2. The van der Waals surface area contributed by atoms with E-state index in [4.69, 9.17) is 4.74 Å². The lowest BCUT2D eigenvalue weighted by atomic mass is 10.0. The van der Waals surface area contributed by atoms with Gasteiger partial charge in [0.15, 0.2) is 0 Å². The van der Waals surface area contributed by atoms with Crippen molar-refractivity contribution in [2.75, 3.05) is 18.4 Å². The van der Waals surface area contributed by atoms with Crippen LogP contribution in [0.1, 0.15) is 37.9 Å². The Kier molecular flexibility index (Phi) is 8.48. The van der Waals surface area contributed by atoms with Gasteiger partial charge in [0.05, 0.1) is 0 Å². The molecule has 3 aromatic carbocycles. The first kappa shape index (κ1) is 26.5. The van der Waals surface area contributed by atoms with E-state index in [2.05, 4.69) is 17.2 Å². The van der Waals surface area contributed by atoms with Gasteiger partial charge < -0.3 is 20.3 Å². The van der Waals surface area contributed by atoms with Crippen LogP contribution in [0, 0.1) is 6.92 Å². The fourth-order valence-corrected chi connectivity index (χ4v) is 3.75. The molecule has 2 N–H and O–H groups in total. The normalized spacial score (nSPS) is 11.9. The standard InChI is InChI=1S/C29H33N3O4/c1-6-17-32(25(33)19-30-28(35)36-29(3,4)5)26(22-13-11-20(2)12-14-22)27(34)31-24-16-15-21-9-7-8-10-23(21)18-24/h6-16,18,26H,1,17,19H2,2-5H3,(H,30,35)(H,31,34). The van der Waals surface area contributed by atoms with Crippen LogP contribution in [0.15, 0.2) is 79.4 Å². The molecule has 188 valence electrons. The van der Waals surface area contributed by atoms with Crippen molar-refractivity contribution in [3.8, 4) is 0 Å². The first-order valence-electron chi connectivity index (χ1n) is 11.8. The molecule has 36 heavy (non-hydrogen) atoms. The Hall–Kier alpha value is -4.13. The summed E-state index contributed by atoms with van der Waals surface area (Å²) in [5.74, 6) is -0.818. The van der Waals surface area contributed by atoms with Gasteiger partial charge in [-0.05, 0) is 56.2 Å². The average Bonchev–Trinajstić information content (AvgIpc) is 2.82. The van der Waals surface area contributed by atoms with Gasteiger partial charge in [0.25, 0.3) is 5.91 Å². The van der Waals surface area contributed by atoms with Crippen molar-refractivity contribution in [1.29, 1.82) is 0 Å². The van der Waals surface area contributed by atoms with Gasteiger partial charge in [-0.3, -0.25) is 9.59 Å². The highest BCUT2D eigenvalue weighted by molar-refractivity contribution is 6.00. The molecule has 0 bridgehead atoms. The van der Waals surface area contributed by atoms with E-state index in [0.29, 0.717) is 11.3 Å². The average molecular weight is 488 g/mol. The van der Waals surface area contributed by atoms with E-state index in [1.165, 1.54) is 4.90 Å². The molecule has 0 aromatic heterocycles. The molecule has 1 atom stereocenters. The van der Waals surface area contributed by atoms with Gasteiger partial charge in [-0.2, -0.15) is 0 Å². The summed E-state index contributed by atoms with van der Waals surface area (Å²) in [4.78, 5) is 40.4. The molecule has 3 rings (SSSR count). The Balaban J connectivity index is 1.88. The number of nitrogens with one attached hydrogen (secondary N) is 2. The van der Waals surface area contributed by atoms with Crippen LogP contribution in [0.2, 0.25) is 0 Å². The number of anilines is 1. The number of ether oxygens (including phenoxy) is 1.